The zero-order valence-electron chi connectivity index (χ0n) is 16.5. The van der Waals surface area contributed by atoms with Gasteiger partial charge in [-0.3, -0.25) is 9.59 Å². The fourth-order valence-electron chi connectivity index (χ4n) is 3.35. The molecule has 2 heterocycles. The summed E-state index contributed by atoms with van der Waals surface area (Å²) in [5, 5.41) is 4.86. The molecular formula is C23H22N2O4S. The van der Waals surface area contributed by atoms with Gasteiger partial charge in [-0.25, -0.2) is 0 Å². The van der Waals surface area contributed by atoms with Gasteiger partial charge in [0.05, 0.1) is 6.42 Å². The van der Waals surface area contributed by atoms with E-state index in [0.29, 0.717) is 30.4 Å². The van der Waals surface area contributed by atoms with Crippen LogP contribution in [0.25, 0.3) is 0 Å². The van der Waals surface area contributed by atoms with Crippen LogP contribution in [0.2, 0.25) is 0 Å². The van der Waals surface area contributed by atoms with Crippen molar-refractivity contribution in [3.63, 3.8) is 0 Å². The van der Waals surface area contributed by atoms with Gasteiger partial charge in [-0.2, -0.15) is 0 Å². The van der Waals surface area contributed by atoms with Crippen molar-refractivity contribution >= 4 is 28.8 Å². The van der Waals surface area contributed by atoms with E-state index in [1.165, 1.54) is 16.2 Å². The van der Waals surface area contributed by atoms with E-state index in [1.54, 1.807) is 25.2 Å². The number of anilines is 1. The van der Waals surface area contributed by atoms with E-state index in [9.17, 15) is 9.59 Å². The van der Waals surface area contributed by atoms with Crippen molar-refractivity contribution in [1.29, 1.82) is 0 Å². The lowest BCUT2D eigenvalue weighted by molar-refractivity contribution is -0.136. The van der Waals surface area contributed by atoms with Crippen LogP contribution in [-0.2, 0) is 16.0 Å². The average Bonchev–Trinajstić information content (AvgIpc) is 3.27. The molecule has 0 aliphatic carbocycles. The lowest BCUT2D eigenvalue weighted by atomic mass is 10.0. The van der Waals surface area contributed by atoms with Crippen LogP contribution in [0.5, 0.6) is 11.5 Å². The molecule has 0 unspecified atom stereocenters. The van der Waals surface area contributed by atoms with Crippen molar-refractivity contribution in [3.05, 3.63) is 76.5 Å². The molecule has 0 fully saturated rings. The minimum absolute atomic E-state index is 0.122. The molecule has 1 aliphatic heterocycles. The Kier molecular flexibility index (Phi) is 5.99. The zero-order valence-corrected chi connectivity index (χ0v) is 17.4. The Morgan fingerprint density at radius 2 is 1.80 bits per heavy atom. The molecule has 1 aromatic heterocycles. The van der Waals surface area contributed by atoms with Gasteiger partial charge in [0.2, 0.25) is 5.91 Å². The van der Waals surface area contributed by atoms with Gasteiger partial charge in [0.1, 0.15) is 19.3 Å². The number of likely N-dealkylation sites (N-methyl/N-ethyl adjacent to an activating group) is 1. The molecular weight excluding hydrogens is 400 g/mol. The number of ether oxygens (including phenoxy) is 2. The van der Waals surface area contributed by atoms with Crippen molar-refractivity contribution in [2.45, 2.75) is 12.5 Å². The third-order valence-corrected chi connectivity index (χ3v) is 5.74. The van der Waals surface area contributed by atoms with E-state index >= 15 is 0 Å². The van der Waals surface area contributed by atoms with Gasteiger partial charge in [-0.05, 0) is 29.1 Å². The molecule has 154 valence electrons. The molecule has 30 heavy (non-hydrogen) atoms. The van der Waals surface area contributed by atoms with Gasteiger partial charge in [-0.15, -0.1) is 11.3 Å². The lowest BCUT2D eigenvalue weighted by Gasteiger charge is -2.28. The molecule has 0 bridgehead atoms. The number of nitrogens with zero attached hydrogens (tertiary/aromatic N) is 1. The summed E-state index contributed by atoms with van der Waals surface area (Å²) in [6.45, 7) is 0.975. The number of carbonyl (C=O) groups excluding carboxylic acids is 2. The van der Waals surface area contributed by atoms with Gasteiger partial charge in [0.15, 0.2) is 11.5 Å². The highest BCUT2D eigenvalue weighted by Crippen LogP contribution is 2.33. The standard InChI is InChI=1S/C23H22N2O4S/c1-25(21(26)15-18-8-5-13-30-18)22(16-6-3-2-4-7-16)23(27)24-17-9-10-19-20(14-17)29-12-11-28-19/h2-10,13-14,22H,11-12,15H2,1H3,(H,24,27)/t22-/m1/s1. The molecule has 0 spiro atoms. The molecule has 0 radical (unpaired) electrons. The summed E-state index contributed by atoms with van der Waals surface area (Å²) in [6.07, 6.45) is 0.259. The SMILES string of the molecule is CN(C(=O)Cc1cccs1)[C@@H](C(=O)Nc1ccc2c(c1)OCCO2)c1ccccc1. The first-order valence-electron chi connectivity index (χ1n) is 9.65. The van der Waals surface area contributed by atoms with Crippen LogP contribution in [0.1, 0.15) is 16.5 Å². The predicted octanol–water partition coefficient (Wildman–Crippen LogP) is 3.90. The van der Waals surface area contributed by atoms with Crippen LogP contribution >= 0.6 is 11.3 Å². The summed E-state index contributed by atoms with van der Waals surface area (Å²) in [5.74, 6) is 0.836. The molecule has 6 nitrogen and oxygen atoms in total. The highest BCUT2D eigenvalue weighted by atomic mass is 32.1. The molecule has 3 aromatic rings. The number of benzene rings is 2. The van der Waals surface area contributed by atoms with Gasteiger partial charge >= 0.3 is 0 Å². The maximum absolute atomic E-state index is 13.3. The van der Waals surface area contributed by atoms with E-state index in [0.717, 1.165) is 10.4 Å². The van der Waals surface area contributed by atoms with Gasteiger partial charge in [-0.1, -0.05) is 36.4 Å². The first-order valence-corrected chi connectivity index (χ1v) is 10.5. The van der Waals surface area contributed by atoms with E-state index in [-0.39, 0.29) is 18.2 Å². The minimum Gasteiger partial charge on any atom is -0.486 e. The summed E-state index contributed by atoms with van der Waals surface area (Å²) in [6, 6.07) is 17.6. The van der Waals surface area contributed by atoms with Gasteiger partial charge in [0, 0.05) is 23.7 Å². The molecule has 1 N–H and O–H groups in total. The Morgan fingerprint density at radius 1 is 1.03 bits per heavy atom. The van der Waals surface area contributed by atoms with Gasteiger partial charge < -0.3 is 19.7 Å². The maximum Gasteiger partial charge on any atom is 0.251 e. The first kappa shape index (κ1) is 20.0. The van der Waals surface area contributed by atoms with Crippen molar-refractivity contribution in [2.24, 2.45) is 0 Å². The van der Waals surface area contributed by atoms with Crippen LogP contribution < -0.4 is 14.8 Å². The van der Waals surface area contributed by atoms with Crippen LogP contribution in [0.3, 0.4) is 0 Å². The number of rotatable bonds is 6. The highest BCUT2D eigenvalue weighted by molar-refractivity contribution is 7.10. The Bertz CT molecular complexity index is 1020. The van der Waals surface area contributed by atoms with Crippen LogP contribution in [0, 0.1) is 0 Å². The molecule has 0 saturated heterocycles. The summed E-state index contributed by atoms with van der Waals surface area (Å²) < 4.78 is 11.1. The molecule has 7 heteroatoms. The molecule has 1 atom stereocenters. The summed E-state index contributed by atoms with van der Waals surface area (Å²) in [5.41, 5.74) is 1.33. The number of amides is 2. The number of hydrogen-bond acceptors (Lipinski definition) is 5. The molecule has 2 aromatic carbocycles. The number of fused-ring (bicyclic) bond motifs is 1. The summed E-state index contributed by atoms with van der Waals surface area (Å²) in [4.78, 5) is 28.6. The molecule has 0 saturated carbocycles. The third kappa shape index (κ3) is 4.46. The number of carbonyl (C=O) groups is 2. The fourth-order valence-corrected chi connectivity index (χ4v) is 4.04. The van der Waals surface area contributed by atoms with Gasteiger partial charge in [0.25, 0.3) is 5.91 Å². The second kappa shape index (κ2) is 9.00. The summed E-state index contributed by atoms with van der Waals surface area (Å²) >= 11 is 1.53. The van der Waals surface area contributed by atoms with Crippen molar-refractivity contribution in [2.75, 3.05) is 25.6 Å². The smallest absolute Gasteiger partial charge is 0.251 e. The van der Waals surface area contributed by atoms with Crippen molar-refractivity contribution in [1.82, 2.24) is 4.90 Å². The topological polar surface area (TPSA) is 67.9 Å². The Labute approximate surface area is 179 Å². The first-order chi connectivity index (χ1) is 14.6. The Balaban J connectivity index is 1.56. The Morgan fingerprint density at radius 3 is 2.53 bits per heavy atom. The van der Waals surface area contributed by atoms with Crippen molar-refractivity contribution < 1.29 is 19.1 Å². The second-order valence-corrected chi connectivity index (χ2v) is 7.95. The normalized spacial score (nSPS) is 13.4. The number of hydrogen-bond donors (Lipinski definition) is 1. The lowest BCUT2D eigenvalue weighted by Crippen LogP contribution is -2.39. The predicted molar refractivity (Wildman–Crippen MR) is 116 cm³/mol. The van der Waals surface area contributed by atoms with Crippen LogP contribution in [0.4, 0.5) is 5.69 Å². The van der Waals surface area contributed by atoms with E-state index in [4.69, 9.17) is 9.47 Å². The maximum atomic E-state index is 13.3. The highest BCUT2D eigenvalue weighted by Gasteiger charge is 2.29. The van der Waals surface area contributed by atoms with Crippen LogP contribution in [0.15, 0.2) is 66.0 Å². The van der Waals surface area contributed by atoms with E-state index < -0.39 is 6.04 Å². The Hall–Kier alpha value is -3.32. The molecule has 2 amide bonds. The molecule has 1 aliphatic rings. The molecule has 4 rings (SSSR count). The quantitative estimate of drug-likeness (QED) is 0.654. The van der Waals surface area contributed by atoms with E-state index in [1.807, 2.05) is 47.8 Å². The van der Waals surface area contributed by atoms with E-state index in [2.05, 4.69) is 5.32 Å². The number of nitrogens with one attached hydrogen (secondary N) is 1. The fraction of sp³-hybridized carbons (Fsp3) is 0.217. The number of thiophene rings is 1. The summed E-state index contributed by atoms with van der Waals surface area (Å²) in [7, 11) is 1.66. The largest absolute Gasteiger partial charge is 0.486 e. The second-order valence-electron chi connectivity index (χ2n) is 6.92. The van der Waals surface area contributed by atoms with Crippen LogP contribution in [-0.4, -0.2) is 37.0 Å². The average molecular weight is 423 g/mol. The third-order valence-electron chi connectivity index (χ3n) is 4.86. The van der Waals surface area contributed by atoms with Crippen molar-refractivity contribution in [3.8, 4) is 11.5 Å². The minimum atomic E-state index is -0.758. The monoisotopic (exact) mass is 422 g/mol. The zero-order chi connectivity index (χ0) is 20.9.